The summed E-state index contributed by atoms with van der Waals surface area (Å²) < 4.78 is 12.2. The Hall–Kier alpha value is -3.48. The van der Waals surface area contributed by atoms with Crippen molar-refractivity contribution in [3.8, 4) is 0 Å². The van der Waals surface area contributed by atoms with E-state index in [2.05, 4.69) is 9.97 Å². The molecule has 0 saturated carbocycles. The molecule has 0 aliphatic heterocycles. The van der Waals surface area contributed by atoms with Crippen molar-refractivity contribution in [2.45, 2.75) is 13.5 Å². The topological polar surface area (TPSA) is 87.2 Å². The fraction of sp³-hybridized carbons (Fsp3) is 0.158. The number of carbonyl (C=O) groups excluding carboxylic acids is 1. The number of aromatic nitrogens is 3. The van der Waals surface area contributed by atoms with Crippen molar-refractivity contribution in [2.24, 2.45) is 7.05 Å². The number of fused-ring (bicyclic) bond motifs is 2. The highest BCUT2D eigenvalue weighted by Crippen LogP contribution is 2.23. The summed E-state index contributed by atoms with van der Waals surface area (Å²) in [6.45, 7) is 1.65. The second-order valence-electron chi connectivity index (χ2n) is 5.94. The maximum absolute atomic E-state index is 12.6. The SMILES string of the molecule is Cc1oc2ncn(C)c(=O)c2c1C(=O)OCc1cccc2cccnc12. The quantitative estimate of drug-likeness (QED) is 0.529. The molecule has 4 aromatic rings. The summed E-state index contributed by atoms with van der Waals surface area (Å²) in [6.07, 6.45) is 3.04. The Morgan fingerprint density at radius 1 is 1.23 bits per heavy atom. The van der Waals surface area contributed by atoms with Gasteiger partial charge in [-0.15, -0.1) is 0 Å². The van der Waals surface area contributed by atoms with Crippen molar-refractivity contribution in [2.75, 3.05) is 0 Å². The molecule has 0 aliphatic rings. The molecule has 0 aliphatic carbocycles. The number of hydrogen-bond donors (Lipinski definition) is 0. The monoisotopic (exact) mass is 349 g/mol. The van der Waals surface area contributed by atoms with Crippen molar-refractivity contribution >= 4 is 28.0 Å². The van der Waals surface area contributed by atoms with Crippen molar-refractivity contribution in [1.82, 2.24) is 14.5 Å². The Morgan fingerprint density at radius 3 is 2.88 bits per heavy atom. The van der Waals surface area contributed by atoms with Gasteiger partial charge in [0, 0.05) is 24.2 Å². The van der Waals surface area contributed by atoms with Crippen LogP contribution < -0.4 is 5.56 Å². The van der Waals surface area contributed by atoms with Crippen LogP contribution in [0.1, 0.15) is 21.7 Å². The summed E-state index contributed by atoms with van der Waals surface area (Å²) in [5, 5.41) is 1.10. The molecule has 0 spiro atoms. The van der Waals surface area contributed by atoms with Crippen LogP contribution in [0, 0.1) is 6.92 Å². The number of hydrogen-bond acceptors (Lipinski definition) is 6. The van der Waals surface area contributed by atoms with Crippen LogP contribution in [0.4, 0.5) is 0 Å². The molecule has 0 N–H and O–H groups in total. The molecule has 7 nitrogen and oxygen atoms in total. The van der Waals surface area contributed by atoms with E-state index in [4.69, 9.17) is 9.15 Å². The van der Waals surface area contributed by atoms with Crippen LogP contribution in [0.3, 0.4) is 0 Å². The number of para-hydroxylation sites is 1. The van der Waals surface area contributed by atoms with Crippen molar-refractivity contribution in [3.05, 3.63) is 70.1 Å². The molecule has 130 valence electrons. The van der Waals surface area contributed by atoms with E-state index in [1.165, 1.54) is 10.9 Å². The van der Waals surface area contributed by atoms with Crippen LogP contribution in [0.2, 0.25) is 0 Å². The summed E-state index contributed by atoms with van der Waals surface area (Å²) in [5.74, 6) is -0.323. The Kier molecular flexibility index (Phi) is 3.76. The second kappa shape index (κ2) is 6.11. The Morgan fingerprint density at radius 2 is 2.04 bits per heavy atom. The standard InChI is InChI=1S/C19H15N3O4/c1-11-14(15-17(26-11)21-10-22(2)18(15)23)19(24)25-9-13-6-3-5-12-7-4-8-20-16(12)13/h3-8,10H,9H2,1-2H3. The van der Waals surface area contributed by atoms with Crippen molar-refractivity contribution in [3.63, 3.8) is 0 Å². The number of benzene rings is 1. The number of nitrogens with zero attached hydrogens (tertiary/aromatic N) is 3. The first-order valence-electron chi connectivity index (χ1n) is 8.00. The van der Waals surface area contributed by atoms with Crippen LogP contribution in [-0.2, 0) is 18.4 Å². The molecular weight excluding hydrogens is 334 g/mol. The van der Waals surface area contributed by atoms with Crippen molar-refractivity contribution in [1.29, 1.82) is 0 Å². The van der Waals surface area contributed by atoms with Gasteiger partial charge in [0.05, 0.1) is 5.52 Å². The van der Waals surface area contributed by atoms with Crippen molar-refractivity contribution < 1.29 is 13.9 Å². The summed E-state index contributed by atoms with van der Waals surface area (Å²) in [7, 11) is 1.56. The summed E-state index contributed by atoms with van der Waals surface area (Å²) in [5.41, 5.74) is 1.44. The van der Waals surface area contributed by atoms with Gasteiger partial charge in [0.2, 0.25) is 5.71 Å². The van der Waals surface area contributed by atoms with Gasteiger partial charge in [-0.3, -0.25) is 9.78 Å². The van der Waals surface area contributed by atoms with Crippen LogP contribution in [0.25, 0.3) is 22.0 Å². The Balaban J connectivity index is 1.69. The number of furan rings is 1. The largest absolute Gasteiger partial charge is 0.457 e. The van der Waals surface area contributed by atoms with E-state index >= 15 is 0 Å². The third-order valence-electron chi connectivity index (χ3n) is 4.23. The first-order valence-corrected chi connectivity index (χ1v) is 8.00. The predicted octanol–water partition coefficient (Wildman–Crippen LogP) is 2.74. The smallest absolute Gasteiger partial charge is 0.342 e. The molecule has 0 atom stereocenters. The molecule has 1 aromatic carbocycles. The average molecular weight is 349 g/mol. The highest BCUT2D eigenvalue weighted by atomic mass is 16.5. The van der Waals surface area contributed by atoms with Gasteiger partial charge >= 0.3 is 5.97 Å². The summed E-state index contributed by atoms with van der Waals surface area (Å²) in [4.78, 5) is 33.4. The maximum atomic E-state index is 12.6. The van der Waals surface area contributed by atoms with Gasteiger partial charge in [0.1, 0.15) is 29.6 Å². The van der Waals surface area contributed by atoms with E-state index in [1.807, 2.05) is 30.3 Å². The minimum atomic E-state index is -0.626. The predicted molar refractivity (Wildman–Crippen MR) is 94.8 cm³/mol. The van der Waals surface area contributed by atoms with E-state index in [-0.39, 0.29) is 28.8 Å². The maximum Gasteiger partial charge on any atom is 0.342 e. The fourth-order valence-electron chi connectivity index (χ4n) is 2.93. The number of ether oxygens (including phenoxy) is 1. The lowest BCUT2D eigenvalue weighted by atomic mass is 10.1. The highest BCUT2D eigenvalue weighted by molar-refractivity contribution is 6.03. The molecule has 0 radical (unpaired) electrons. The van der Waals surface area contributed by atoms with Crippen LogP contribution in [-0.4, -0.2) is 20.5 Å². The van der Waals surface area contributed by atoms with Gasteiger partial charge in [-0.25, -0.2) is 9.78 Å². The zero-order valence-electron chi connectivity index (χ0n) is 14.2. The lowest BCUT2D eigenvalue weighted by Crippen LogP contribution is -2.19. The molecule has 4 rings (SSSR count). The van der Waals surface area contributed by atoms with Gasteiger partial charge < -0.3 is 13.7 Å². The number of esters is 1. The normalized spacial score (nSPS) is 11.2. The number of carbonyl (C=O) groups is 1. The minimum Gasteiger partial charge on any atom is -0.457 e. The van der Waals surface area contributed by atoms with E-state index in [0.717, 1.165) is 16.5 Å². The van der Waals surface area contributed by atoms with Gasteiger partial charge in [0.15, 0.2) is 0 Å². The molecule has 7 heteroatoms. The zero-order valence-corrected chi connectivity index (χ0v) is 14.2. The molecule has 0 saturated heterocycles. The average Bonchev–Trinajstić information content (AvgIpc) is 2.99. The van der Waals surface area contributed by atoms with Gasteiger partial charge in [0.25, 0.3) is 5.56 Å². The van der Waals surface area contributed by atoms with E-state index in [1.54, 1.807) is 20.2 Å². The first kappa shape index (κ1) is 16.0. The zero-order chi connectivity index (χ0) is 18.3. The summed E-state index contributed by atoms with van der Waals surface area (Å²) in [6, 6.07) is 9.46. The van der Waals surface area contributed by atoms with Gasteiger partial charge in [-0.2, -0.15) is 0 Å². The minimum absolute atomic E-state index is 0.0415. The molecule has 0 unspecified atom stereocenters. The van der Waals surface area contributed by atoms with Crippen LogP contribution in [0.5, 0.6) is 0 Å². The Labute approximate surface area is 147 Å². The van der Waals surface area contributed by atoms with Gasteiger partial charge in [-0.05, 0) is 13.0 Å². The molecule has 26 heavy (non-hydrogen) atoms. The summed E-state index contributed by atoms with van der Waals surface area (Å²) >= 11 is 0. The van der Waals surface area contributed by atoms with Gasteiger partial charge in [-0.1, -0.05) is 24.3 Å². The molecular formula is C19H15N3O4. The van der Waals surface area contributed by atoms with E-state index in [0.29, 0.717) is 5.76 Å². The molecule has 0 bridgehead atoms. The third-order valence-corrected chi connectivity index (χ3v) is 4.23. The second-order valence-corrected chi connectivity index (χ2v) is 5.94. The molecule has 3 heterocycles. The number of aryl methyl sites for hydroxylation is 2. The lowest BCUT2D eigenvalue weighted by Gasteiger charge is -2.07. The highest BCUT2D eigenvalue weighted by Gasteiger charge is 2.23. The third kappa shape index (κ3) is 2.54. The van der Waals surface area contributed by atoms with Crippen LogP contribution >= 0.6 is 0 Å². The molecule has 0 amide bonds. The van der Waals surface area contributed by atoms with E-state index < -0.39 is 5.97 Å². The fourth-order valence-corrected chi connectivity index (χ4v) is 2.93. The van der Waals surface area contributed by atoms with Crippen LogP contribution in [0.15, 0.2) is 52.1 Å². The van der Waals surface area contributed by atoms with E-state index in [9.17, 15) is 9.59 Å². The Bertz CT molecular complexity index is 1200. The first-order chi connectivity index (χ1) is 12.6. The number of rotatable bonds is 3. The molecule has 3 aromatic heterocycles. The molecule has 0 fully saturated rings. The lowest BCUT2D eigenvalue weighted by molar-refractivity contribution is 0.0474. The number of pyridine rings is 1.